The first kappa shape index (κ1) is 15.7. The topological polar surface area (TPSA) is 84.4 Å². The molecule has 1 unspecified atom stereocenters. The van der Waals surface area contributed by atoms with E-state index in [0.717, 1.165) is 17.3 Å². The Morgan fingerprint density at radius 3 is 2.86 bits per heavy atom. The number of carbonyl (C=O) groups excluding carboxylic acids is 2. The minimum absolute atomic E-state index is 0.0246. The van der Waals surface area contributed by atoms with Crippen LogP contribution in [-0.2, 0) is 9.59 Å². The summed E-state index contributed by atoms with van der Waals surface area (Å²) in [6, 6.07) is 0.305. The molecule has 0 aliphatic carbocycles. The Kier molecular flexibility index (Phi) is 5.49. The number of aromatic nitrogens is 2. The van der Waals surface area contributed by atoms with Gasteiger partial charge in [0.1, 0.15) is 6.10 Å². The highest BCUT2D eigenvalue weighted by molar-refractivity contribution is 9.10. The molecule has 8 heteroatoms. The van der Waals surface area contributed by atoms with E-state index in [1.807, 2.05) is 0 Å². The zero-order valence-electron chi connectivity index (χ0n) is 11.7. The summed E-state index contributed by atoms with van der Waals surface area (Å²) in [6.07, 6.45) is 4.81. The van der Waals surface area contributed by atoms with Gasteiger partial charge in [-0.15, -0.1) is 0 Å². The first-order chi connectivity index (χ1) is 10.0. The maximum Gasteiger partial charge on any atom is 0.316 e. The molecule has 0 spiro atoms. The molecule has 1 aliphatic heterocycles. The highest BCUT2D eigenvalue weighted by Crippen LogP contribution is 2.16. The summed E-state index contributed by atoms with van der Waals surface area (Å²) in [7, 11) is 0. The Labute approximate surface area is 131 Å². The third-order valence-electron chi connectivity index (χ3n) is 3.09. The van der Waals surface area contributed by atoms with E-state index in [1.54, 1.807) is 17.3 Å². The summed E-state index contributed by atoms with van der Waals surface area (Å²) < 4.78 is 6.47. The molecule has 1 saturated heterocycles. The number of carbonyl (C=O) groups is 2. The molecule has 0 bridgehead atoms. The third-order valence-corrected chi connectivity index (χ3v) is 3.50. The second-order valence-corrected chi connectivity index (χ2v) is 5.73. The molecule has 2 amide bonds. The average molecular weight is 357 g/mol. The maximum absolute atomic E-state index is 12.0. The van der Waals surface area contributed by atoms with Crippen LogP contribution in [0.25, 0.3) is 0 Å². The molecule has 1 aliphatic rings. The molecular formula is C13H17BrN4O3. The van der Waals surface area contributed by atoms with Gasteiger partial charge < -0.3 is 15.0 Å². The molecule has 2 rings (SSSR count). The van der Waals surface area contributed by atoms with Gasteiger partial charge in [0, 0.05) is 25.9 Å². The van der Waals surface area contributed by atoms with E-state index in [0.29, 0.717) is 19.1 Å². The van der Waals surface area contributed by atoms with Gasteiger partial charge in [-0.05, 0) is 28.8 Å². The second kappa shape index (κ2) is 7.35. The van der Waals surface area contributed by atoms with Crippen molar-refractivity contribution in [3.05, 3.63) is 16.9 Å². The summed E-state index contributed by atoms with van der Waals surface area (Å²) in [5.74, 6) is -0.313. The van der Waals surface area contributed by atoms with Gasteiger partial charge in [0.2, 0.25) is 11.8 Å². The molecule has 7 nitrogen and oxygen atoms in total. The van der Waals surface area contributed by atoms with E-state index >= 15 is 0 Å². The van der Waals surface area contributed by atoms with Gasteiger partial charge in [-0.25, -0.2) is 9.97 Å². The van der Waals surface area contributed by atoms with E-state index in [-0.39, 0.29) is 24.5 Å². The Morgan fingerprint density at radius 2 is 2.19 bits per heavy atom. The summed E-state index contributed by atoms with van der Waals surface area (Å²) in [5.41, 5.74) is 0. The molecule has 1 N–H and O–H groups in total. The van der Waals surface area contributed by atoms with Crippen LogP contribution in [-0.4, -0.2) is 52.4 Å². The number of halogens is 1. The van der Waals surface area contributed by atoms with E-state index in [1.165, 1.54) is 6.92 Å². The molecule has 1 aromatic rings. The Hall–Kier alpha value is -1.70. The highest BCUT2D eigenvalue weighted by Gasteiger charge is 2.25. The van der Waals surface area contributed by atoms with Crippen molar-refractivity contribution < 1.29 is 14.3 Å². The van der Waals surface area contributed by atoms with Crippen LogP contribution in [0, 0.1) is 0 Å². The molecule has 0 radical (unpaired) electrons. The summed E-state index contributed by atoms with van der Waals surface area (Å²) in [5, 5.41) is 2.51. The third kappa shape index (κ3) is 4.96. The highest BCUT2D eigenvalue weighted by atomic mass is 79.9. The predicted octanol–water partition coefficient (Wildman–Crippen LogP) is 0.745. The molecule has 1 atom stereocenters. The van der Waals surface area contributed by atoms with Crippen LogP contribution in [0.1, 0.15) is 19.8 Å². The fourth-order valence-electron chi connectivity index (χ4n) is 2.08. The van der Waals surface area contributed by atoms with Crippen LogP contribution in [0.2, 0.25) is 0 Å². The van der Waals surface area contributed by atoms with E-state index in [2.05, 4.69) is 31.2 Å². The van der Waals surface area contributed by atoms with Gasteiger partial charge in [0.25, 0.3) is 0 Å². The van der Waals surface area contributed by atoms with Gasteiger partial charge in [0.15, 0.2) is 0 Å². The Bertz CT molecular complexity index is 509. The van der Waals surface area contributed by atoms with Gasteiger partial charge in [-0.2, -0.15) is 0 Å². The van der Waals surface area contributed by atoms with Gasteiger partial charge in [-0.1, -0.05) is 0 Å². The molecule has 1 aromatic heterocycles. The fourth-order valence-corrected chi connectivity index (χ4v) is 2.29. The number of ether oxygens (including phenoxy) is 1. The number of nitrogens with zero attached hydrogens (tertiary/aromatic N) is 3. The lowest BCUT2D eigenvalue weighted by Crippen LogP contribution is -2.47. The first-order valence-electron chi connectivity index (χ1n) is 6.71. The second-order valence-electron chi connectivity index (χ2n) is 4.82. The standard InChI is InChI=1S/C13H17BrN4O3/c1-9(19)15-7-12(20)18-4-2-3-11(8-18)21-13-16-5-10(14)6-17-13/h5-6,11H,2-4,7-8H2,1H3,(H,15,19). The first-order valence-corrected chi connectivity index (χ1v) is 7.50. The van der Waals surface area contributed by atoms with Crippen molar-refractivity contribution in [1.82, 2.24) is 20.2 Å². The molecule has 0 aromatic carbocycles. The number of piperidine rings is 1. The number of rotatable bonds is 4. The van der Waals surface area contributed by atoms with E-state index in [4.69, 9.17) is 4.74 Å². The Morgan fingerprint density at radius 1 is 1.48 bits per heavy atom. The summed E-state index contributed by atoms with van der Waals surface area (Å²) in [6.45, 7) is 2.58. The minimum atomic E-state index is -0.212. The number of hydrogen-bond donors (Lipinski definition) is 1. The molecule has 21 heavy (non-hydrogen) atoms. The van der Waals surface area contributed by atoms with Gasteiger partial charge in [-0.3, -0.25) is 9.59 Å². The molecule has 1 fully saturated rings. The zero-order chi connectivity index (χ0) is 15.2. The smallest absolute Gasteiger partial charge is 0.316 e. The predicted molar refractivity (Wildman–Crippen MR) is 78.6 cm³/mol. The maximum atomic E-state index is 12.0. The van der Waals surface area contributed by atoms with Crippen LogP contribution >= 0.6 is 15.9 Å². The zero-order valence-corrected chi connectivity index (χ0v) is 13.3. The van der Waals surface area contributed by atoms with Crippen molar-refractivity contribution in [3.63, 3.8) is 0 Å². The van der Waals surface area contributed by atoms with Crippen LogP contribution in [0.15, 0.2) is 16.9 Å². The quantitative estimate of drug-likeness (QED) is 0.860. The average Bonchev–Trinajstić information content (AvgIpc) is 2.47. The van der Waals surface area contributed by atoms with Crippen molar-refractivity contribution in [2.45, 2.75) is 25.9 Å². The van der Waals surface area contributed by atoms with Crippen molar-refractivity contribution in [1.29, 1.82) is 0 Å². The number of hydrogen-bond acceptors (Lipinski definition) is 5. The number of likely N-dealkylation sites (tertiary alicyclic amines) is 1. The Balaban J connectivity index is 1.86. The summed E-state index contributed by atoms with van der Waals surface area (Å²) >= 11 is 3.26. The lowest BCUT2D eigenvalue weighted by atomic mass is 10.1. The molecule has 0 saturated carbocycles. The van der Waals surface area contributed by atoms with Crippen molar-refractivity contribution >= 4 is 27.7 Å². The van der Waals surface area contributed by atoms with Gasteiger partial charge >= 0.3 is 6.01 Å². The van der Waals surface area contributed by atoms with Crippen molar-refractivity contribution in [2.75, 3.05) is 19.6 Å². The SMILES string of the molecule is CC(=O)NCC(=O)N1CCCC(Oc2ncc(Br)cn2)C1. The minimum Gasteiger partial charge on any atom is -0.458 e. The van der Waals surface area contributed by atoms with Crippen LogP contribution in [0.3, 0.4) is 0 Å². The van der Waals surface area contributed by atoms with Crippen molar-refractivity contribution in [2.24, 2.45) is 0 Å². The van der Waals surface area contributed by atoms with Gasteiger partial charge in [0.05, 0.1) is 17.6 Å². The molecular weight excluding hydrogens is 340 g/mol. The largest absolute Gasteiger partial charge is 0.458 e. The normalized spacial score (nSPS) is 18.2. The lowest BCUT2D eigenvalue weighted by molar-refractivity contribution is -0.134. The summed E-state index contributed by atoms with van der Waals surface area (Å²) in [4.78, 5) is 32.6. The van der Waals surface area contributed by atoms with E-state index < -0.39 is 0 Å². The van der Waals surface area contributed by atoms with E-state index in [9.17, 15) is 9.59 Å². The lowest BCUT2D eigenvalue weighted by Gasteiger charge is -2.32. The monoisotopic (exact) mass is 356 g/mol. The fraction of sp³-hybridized carbons (Fsp3) is 0.538. The number of nitrogens with one attached hydrogen (secondary N) is 1. The number of amides is 2. The van der Waals surface area contributed by atoms with Crippen LogP contribution in [0.5, 0.6) is 6.01 Å². The molecule has 2 heterocycles. The van der Waals surface area contributed by atoms with Crippen LogP contribution < -0.4 is 10.1 Å². The molecule has 114 valence electrons. The van der Waals surface area contributed by atoms with Crippen molar-refractivity contribution in [3.8, 4) is 6.01 Å². The van der Waals surface area contributed by atoms with Crippen LogP contribution in [0.4, 0.5) is 0 Å².